The van der Waals surface area contributed by atoms with Crippen molar-refractivity contribution >= 4 is 9.84 Å². The lowest BCUT2D eigenvalue weighted by atomic mass is 9.93. The summed E-state index contributed by atoms with van der Waals surface area (Å²) in [6, 6.07) is 0. The molecule has 0 aromatic heterocycles. The molecule has 0 spiro atoms. The van der Waals surface area contributed by atoms with Crippen LogP contribution in [-0.4, -0.2) is 56.2 Å². The minimum Gasteiger partial charge on any atom is -0.393 e. The SMILES string of the molecule is CC(O)C1CCCN(CCCCS(C)(=O)=O)C1. The van der Waals surface area contributed by atoms with Crippen molar-refractivity contribution in [1.82, 2.24) is 4.90 Å². The average molecular weight is 263 g/mol. The highest BCUT2D eigenvalue weighted by molar-refractivity contribution is 7.90. The Kier molecular flexibility index (Phi) is 5.89. The Hall–Kier alpha value is -0.130. The number of nitrogens with zero attached hydrogens (tertiary/aromatic N) is 1. The maximum absolute atomic E-state index is 11.0. The van der Waals surface area contributed by atoms with E-state index in [1.807, 2.05) is 6.92 Å². The van der Waals surface area contributed by atoms with Crippen LogP contribution in [0, 0.1) is 5.92 Å². The van der Waals surface area contributed by atoms with Crippen LogP contribution in [0.1, 0.15) is 32.6 Å². The van der Waals surface area contributed by atoms with E-state index in [-0.39, 0.29) is 6.10 Å². The number of sulfone groups is 1. The van der Waals surface area contributed by atoms with Crippen LogP contribution < -0.4 is 0 Å². The van der Waals surface area contributed by atoms with Crippen LogP contribution in [0.4, 0.5) is 0 Å². The van der Waals surface area contributed by atoms with Gasteiger partial charge in [-0.15, -0.1) is 0 Å². The minimum atomic E-state index is -2.81. The molecular weight excluding hydrogens is 238 g/mol. The Balaban J connectivity index is 2.19. The van der Waals surface area contributed by atoms with Crippen LogP contribution in [-0.2, 0) is 9.84 Å². The molecule has 0 amide bonds. The molecule has 0 radical (unpaired) electrons. The van der Waals surface area contributed by atoms with Gasteiger partial charge in [0.15, 0.2) is 0 Å². The summed E-state index contributed by atoms with van der Waals surface area (Å²) in [5.74, 6) is 0.680. The molecule has 0 saturated carbocycles. The first-order chi connectivity index (χ1) is 7.88. The lowest BCUT2D eigenvalue weighted by Gasteiger charge is -2.34. The largest absolute Gasteiger partial charge is 0.393 e. The van der Waals surface area contributed by atoms with Gasteiger partial charge in [0, 0.05) is 18.6 Å². The molecule has 2 unspecified atom stereocenters. The molecule has 5 heteroatoms. The van der Waals surface area contributed by atoms with Gasteiger partial charge >= 0.3 is 0 Å². The average Bonchev–Trinajstić information content (AvgIpc) is 2.23. The second-order valence-corrected chi connectivity index (χ2v) is 7.54. The second kappa shape index (κ2) is 6.71. The smallest absolute Gasteiger partial charge is 0.147 e. The predicted octanol–water partition coefficient (Wildman–Crippen LogP) is 0.904. The lowest BCUT2D eigenvalue weighted by Crippen LogP contribution is -2.39. The summed E-state index contributed by atoms with van der Waals surface area (Å²) in [5, 5.41) is 9.57. The number of hydrogen-bond acceptors (Lipinski definition) is 4. The van der Waals surface area contributed by atoms with Gasteiger partial charge in [0.05, 0.1) is 6.10 Å². The maximum atomic E-state index is 11.0. The third-order valence-electron chi connectivity index (χ3n) is 3.46. The molecule has 1 saturated heterocycles. The summed E-state index contributed by atoms with van der Waals surface area (Å²) in [7, 11) is -2.81. The lowest BCUT2D eigenvalue weighted by molar-refractivity contribution is 0.0624. The quantitative estimate of drug-likeness (QED) is 0.724. The standard InChI is InChI=1S/C12H25NO3S/c1-11(14)12-6-5-8-13(10-12)7-3-4-9-17(2,15)16/h11-12,14H,3-10H2,1-2H3. The summed E-state index contributed by atoms with van der Waals surface area (Å²) in [5.41, 5.74) is 0. The second-order valence-electron chi connectivity index (χ2n) is 5.28. The number of aliphatic hydroxyl groups excluding tert-OH is 1. The Morgan fingerprint density at radius 1 is 1.41 bits per heavy atom. The Bertz CT molecular complexity index is 314. The van der Waals surface area contributed by atoms with Crippen molar-refractivity contribution in [1.29, 1.82) is 0 Å². The molecule has 1 aliphatic rings. The zero-order valence-electron chi connectivity index (χ0n) is 10.9. The number of aliphatic hydroxyl groups is 1. The molecule has 0 aromatic carbocycles. The van der Waals surface area contributed by atoms with Gasteiger partial charge in [-0.25, -0.2) is 8.42 Å². The van der Waals surface area contributed by atoms with E-state index in [2.05, 4.69) is 4.90 Å². The number of hydrogen-bond donors (Lipinski definition) is 1. The van der Waals surface area contributed by atoms with Gasteiger partial charge in [-0.1, -0.05) is 0 Å². The Morgan fingerprint density at radius 3 is 2.71 bits per heavy atom. The summed E-state index contributed by atoms with van der Waals surface area (Å²) in [6.07, 6.45) is 4.99. The van der Waals surface area contributed by atoms with Gasteiger partial charge in [0.1, 0.15) is 9.84 Å². The van der Waals surface area contributed by atoms with Gasteiger partial charge < -0.3 is 10.0 Å². The predicted molar refractivity (Wildman–Crippen MR) is 69.8 cm³/mol. The van der Waals surface area contributed by atoms with Crippen molar-refractivity contribution in [2.24, 2.45) is 5.92 Å². The van der Waals surface area contributed by atoms with Gasteiger partial charge in [0.25, 0.3) is 0 Å². The van der Waals surface area contributed by atoms with Crippen LogP contribution in [0.15, 0.2) is 0 Å². The summed E-state index contributed by atoms with van der Waals surface area (Å²) in [4.78, 5) is 2.35. The molecular formula is C12H25NO3S. The van der Waals surface area contributed by atoms with E-state index < -0.39 is 9.84 Å². The van der Waals surface area contributed by atoms with E-state index in [1.54, 1.807) is 0 Å². The van der Waals surface area contributed by atoms with Crippen molar-refractivity contribution in [3.8, 4) is 0 Å². The first kappa shape index (κ1) is 14.9. The molecule has 1 heterocycles. The molecule has 1 rings (SSSR count). The Morgan fingerprint density at radius 2 is 2.12 bits per heavy atom. The Labute approximate surface area is 105 Å². The zero-order chi connectivity index (χ0) is 12.9. The molecule has 102 valence electrons. The van der Waals surface area contributed by atoms with Crippen molar-refractivity contribution in [3.63, 3.8) is 0 Å². The van der Waals surface area contributed by atoms with Crippen molar-refractivity contribution < 1.29 is 13.5 Å². The molecule has 17 heavy (non-hydrogen) atoms. The number of rotatable bonds is 6. The van der Waals surface area contributed by atoms with E-state index >= 15 is 0 Å². The molecule has 1 N–H and O–H groups in total. The normalized spacial score (nSPS) is 24.8. The van der Waals surface area contributed by atoms with Crippen LogP contribution in [0.2, 0.25) is 0 Å². The fraction of sp³-hybridized carbons (Fsp3) is 1.00. The first-order valence-corrected chi connectivity index (χ1v) is 8.52. The maximum Gasteiger partial charge on any atom is 0.147 e. The molecule has 1 fully saturated rings. The van der Waals surface area contributed by atoms with Gasteiger partial charge in [-0.2, -0.15) is 0 Å². The number of piperidine rings is 1. The number of likely N-dealkylation sites (tertiary alicyclic amines) is 1. The van der Waals surface area contributed by atoms with Gasteiger partial charge in [-0.3, -0.25) is 0 Å². The summed E-state index contributed by atoms with van der Waals surface area (Å²) < 4.78 is 22.0. The third-order valence-corrected chi connectivity index (χ3v) is 4.49. The molecule has 4 nitrogen and oxygen atoms in total. The van der Waals surface area contributed by atoms with E-state index in [0.717, 1.165) is 45.3 Å². The fourth-order valence-electron chi connectivity index (χ4n) is 2.39. The van der Waals surface area contributed by atoms with Crippen molar-refractivity contribution in [3.05, 3.63) is 0 Å². The molecule has 0 aromatic rings. The van der Waals surface area contributed by atoms with Crippen LogP contribution in [0.5, 0.6) is 0 Å². The number of unbranched alkanes of at least 4 members (excludes halogenated alkanes) is 1. The van der Waals surface area contributed by atoms with E-state index in [9.17, 15) is 13.5 Å². The van der Waals surface area contributed by atoms with Crippen LogP contribution >= 0.6 is 0 Å². The van der Waals surface area contributed by atoms with Crippen LogP contribution in [0.3, 0.4) is 0 Å². The van der Waals surface area contributed by atoms with E-state index in [0.29, 0.717) is 11.7 Å². The minimum absolute atomic E-state index is 0.228. The highest BCUT2D eigenvalue weighted by Crippen LogP contribution is 2.19. The topological polar surface area (TPSA) is 57.6 Å². The van der Waals surface area contributed by atoms with Crippen molar-refractivity contribution in [2.75, 3.05) is 31.6 Å². The summed E-state index contributed by atoms with van der Waals surface area (Å²) >= 11 is 0. The fourth-order valence-corrected chi connectivity index (χ4v) is 3.12. The van der Waals surface area contributed by atoms with E-state index in [1.165, 1.54) is 6.26 Å². The van der Waals surface area contributed by atoms with Gasteiger partial charge in [-0.05, 0) is 51.6 Å². The van der Waals surface area contributed by atoms with Crippen molar-refractivity contribution in [2.45, 2.75) is 38.7 Å². The van der Waals surface area contributed by atoms with Gasteiger partial charge in [0.2, 0.25) is 0 Å². The molecule has 0 bridgehead atoms. The van der Waals surface area contributed by atoms with Crippen LogP contribution in [0.25, 0.3) is 0 Å². The first-order valence-electron chi connectivity index (χ1n) is 6.46. The highest BCUT2D eigenvalue weighted by Gasteiger charge is 2.22. The zero-order valence-corrected chi connectivity index (χ0v) is 11.7. The highest BCUT2D eigenvalue weighted by atomic mass is 32.2. The third kappa shape index (κ3) is 6.38. The molecule has 0 aliphatic carbocycles. The molecule has 1 aliphatic heterocycles. The van der Waals surface area contributed by atoms with E-state index in [4.69, 9.17) is 0 Å². The summed E-state index contributed by atoms with van der Waals surface area (Å²) in [6.45, 7) is 4.86. The monoisotopic (exact) mass is 263 g/mol. The molecule has 2 atom stereocenters.